The lowest BCUT2D eigenvalue weighted by Gasteiger charge is -2.05. The van der Waals surface area contributed by atoms with Gasteiger partial charge in [0, 0.05) is 12.1 Å². The zero-order chi connectivity index (χ0) is 12.8. The van der Waals surface area contributed by atoms with Crippen molar-refractivity contribution in [3.8, 4) is 11.3 Å². The molecular formula is C15H21N3. The van der Waals surface area contributed by atoms with E-state index in [1.54, 1.807) is 0 Å². The first-order valence-corrected chi connectivity index (χ1v) is 6.67. The zero-order valence-corrected chi connectivity index (χ0v) is 11.2. The minimum atomic E-state index is 0.870. The van der Waals surface area contributed by atoms with Crippen molar-refractivity contribution >= 4 is 0 Å². The summed E-state index contributed by atoms with van der Waals surface area (Å²) in [4.78, 5) is 0. The van der Waals surface area contributed by atoms with Gasteiger partial charge in [-0.1, -0.05) is 38.1 Å². The Balaban J connectivity index is 2.14. The molecule has 0 unspecified atom stereocenters. The second-order valence-corrected chi connectivity index (χ2v) is 4.50. The fourth-order valence-electron chi connectivity index (χ4n) is 2.00. The normalized spacial score (nSPS) is 10.8. The van der Waals surface area contributed by atoms with Crippen LogP contribution < -0.4 is 5.32 Å². The number of aromatic nitrogens is 2. The largest absolute Gasteiger partial charge is 0.313 e. The Bertz CT molecular complexity index is 471. The molecule has 0 bridgehead atoms. The number of H-pyrrole nitrogens is 1. The van der Waals surface area contributed by atoms with Crippen molar-refractivity contribution in [2.45, 2.75) is 33.2 Å². The average Bonchev–Trinajstić information content (AvgIpc) is 2.88. The summed E-state index contributed by atoms with van der Waals surface area (Å²) in [7, 11) is 0. The Kier molecular flexibility index (Phi) is 4.53. The molecule has 2 aromatic rings. The van der Waals surface area contributed by atoms with Gasteiger partial charge in [0.1, 0.15) is 0 Å². The topological polar surface area (TPSA) is 40.7 Å². The highest BCUT2D eigenvalue weighted by molar-refractivity contribution is 5.62. The standard InChI is InChI=1S/C15H21N3/c1-3-9-16-10-14-11-17-18-15(14)13-7-5-12(4-2)6-8-13/h5-8,11,16H,3-4,9-10H2,1-2H3,(H,17,18). The molecule has 0 aliphatic carbocycles. The van der Waals surface area contributed by atoms with Crippen LogP contribution in [0, 0.1) is 0 Å². The highest BCUT2D eigenvalue weighted by atomic mass is 15.1. The van der Waals surface area contributed by atoms with Crippen molar-refractivity contribution in [3.05, 3.63) is 41.6 Å². The van der Waals surface area contributed by atoms with E-state index in [-0.39, 0.29) is 0 Å². The lowest BCUT2D eigenvalue weighted by Crippen LogP contribution is -2.13. The summed E-state index contributed by atoms with van der Waals surface area (Å²) in [5.41, 5.74) is 4.93. The van der Waals surface area contributed by atoms with Crippen LogP contribution in [0.3, 0.4) is 0 Å². The molecule has 0 saturated heterocycles. The molecular weight excluding hydrogens is 222 g/mol. The van der Waals surface area contributed by atoms with Gasteiger partial charge in [0.25, 0.3) is 0 Å². The molecule has 2 rings (SSSR count). The Morgan fingerprint density at radius 1 is 1.17 bits per heavy atom. The van der Waals surface area contributed by atoms with Crippen LogP contribution in [-0.4, -0.2) is 16.7 Å². The van der Waals surface area contributed by atoms with Gasteiger partial charge < -0.3 is 5.32 Å². The third kappa shape index (κ3) is 2.99. The van der Waals surface area contributed by atoms with Gasteiger partial charge in [-0.25, -0.2) is 0 Å². The summed E-state index contributed by atoms with van der Waals surface area (Å²) in [5, 5.41) is 10.7. The molecule has 0 atom stereocenters. The number of aromatic amines is 1. The maximum Gasteiger partial charge on any atom is 0.0695 e. The van der Waals surface area contributed by atoms with E-state index in [9.17, 15) is 0 Å². The van der Waals surface area contributed by atoms with Crippen molar-refractivity contribution in [1.82, 2.24) is 15.5 Å². The van der Waals surface area contributed by atoms with E-state index >= 15 is 0 Å². The summed E-state index contributed by atoms with van der Waals surface area (Å²) < 4.78 is 0. The molecule has 2 N–H and O–H groups in total. The minimum Gasteiger partial charge on any atom is -0.313 e. The second kappa shape index (κ2) is 6.36. The van der Waals surface area contributed by atoms with Crippen LogP contribution in [0.15, 0.2) is 30.5 Å². The number of nitrogens with zero attached hydrogens (tertiary/aromatic N) is 1. The summed E-state index contributed by atoms with van der Waals surface area (Å²) in [5.74, 6) is 0. The van der Waals surface area contributed by atoms with Crippen LogP contribution in [0.5, 0.6) is 0 Å². The summed E-state index contributed by atoms with van der Waals surface area (Å²) in [6.07, 6.45) is 4.14. The van der Waals surface area contributed by atoms with E-state index in [0.29, 0.717) is 0 Å². The molecule has 1 heterocycles. The molecule has 0 spiro atoms. The molecule has 0 aliphatic heterocycles. The van der Waals surface area contributed by atoms with Gasteiger partial charge in [-0.05, 0) is 30.5 Å². The first-order valence-electron chi connectivity index (χ1n) is 6.67. The Morgan fingerprint density at radius 2 is 1.94 bits per heavy atom. The SMILES string of the molecule is CCCNCc1cn[nH]c1-c1ccc(CC)cc1. The van der Waals surface area contributed by atoms with Crippen LogP contribution in [0.2, 0.25) is 0 Å². The number of nitrogens with one attached hydrogen (secondary N) is 2. The van der Waals surface area contributed by atoms with Crippen molar-refractivity contribution in [2.24, 2.45) is 0 Å². The van der Waals surface area contributed by atoms with Gasteiger partial charge in [-0.3, -0.25) is 5.10 Å². The smallest absolute Gasteiger partial charge is 0.0695 e. The maximum atomic E-state index is 4.15. The lowest BCUT2D eigenvalue weighted by atomic mass is 10.1. The predicted octanol–water partition coefficient (Wildman–Crippen LogP) is 3.14. The van der Waals surface area contributed by atoms with Crippen LogP contribution in [0.25, 0.3) is 11.3 Å². The monoisotopic (exact) mass is 243 g/mol. The summed E-state index contributed by atoms with van der Waals surface area (Å²) in [6.45, 7) is 6.26. The molecule has 1 aromatic carbocycles. The lowest BCUT2D eigenvalue weighted by molar-refractivity contribution is 0.676. The average molecular weight is 243 g/mol. The quantitative estimate of drug-likeness (QED) is 0.765. The van der Waals surface area contributed by atoms with Gasteiger partial charge in [-0.15, -0.1) is 0 Å². The maximum absolute atomic E-state index is 4.15. The number of benzene rings is 1. The van der Waals surface area contributed by atoms with E-state index in [4.69, 9.17) is 0 Å². The molecule has 0 amide bonds. The van der Waals surface area contributed by atoms with Crippen LogP contribution in [0.4, 0.5) is 0 Å². The van der Waals surface area contributed by atoms with Gasteiger partial charge in [-0.2, -0.15) is 5.10 Å². The van der Waals surface area contributed by atoms with Crippen molar-refractivity contribution in [3.63, 3.8) is 0 Å². The van der Waals surface area contributed by atoms with Gasteiger partial charge in [0.05, 0.1) is 11.9 Å². The molecule has 0 radical (unpaired) electrons. The highest BCUT2D eigenvalue weighted by Gasteiger charge is 2.06. The molecule has 0 fully saturated rings. The molecule has 18 heavy (non-hydrogen) atoms. The third-order valence-corrected chi connectivity index (χ3v) is 3.11. The van der Waals surface area contributed by atoms with Crippen molar-refractivity contribution < 1.29 is 0 Å². The van der Waals surface area contributed by atoms with Crippen molar-refractivity contribution in [1.29, 1.82) is 0 Å². The van der Waals surface area contributed by atoms with Crippen LogP contribution >= 0.6 is 0 Å². The van der Waals surface area contributed by atoms with E-state index in [0.717, 1.165) is 31.6 Å². The van der Waals surface area contributed by atoms with Crippen LogP contribution in [-0.2, 0) is 13.0 Å². The first kappa shape index (κ1) is 12.8. The van der Waals surface area contributed by atoms with E-state index in [1.165, 1.54) is 16.7 Å². The molecule has 0 aliphatic rings. The second-order valence-electron chi connectivity index (χ2n) is 4.50. The van der Waals surface area contributed by atoms with E-state index in [2.05, 4.69) is 53.6 Å². The molecule has 3 nitrogen and oxygen atoms in total. The Labute approximate surface area is 109 Å². The van der Waals surface area contributed by atoms with Crippen molar-refractivity contribution in [2.75, 3.05) is 6.54 Å². The number of hydrogen-bond donors (Lipinski definition) is 2. The minimum absolute atomic E-state index is 0.870. The molecule has 3 heteroatoms. The zero-order valence-electron chi connectivity index (χ0n) is 11.2. The summed E-state index contributed by atoms with van der Waals surface area (Å²) >= 11 is 0. The highest BCUT2D eigenvalue weighted by Crippen LogP contribution is 2.21. The number of aryl methyl sites for hydroxylation is 1. The number of hydrogen-bond acceptors (Lipinski definition) is 2. The fourth-order valence-corrected chi connectivity index (χ4v) is 2.00. The number of rotatable bonds is 6. The van der Waals surface area contributed by atoms with Gasteiger partial charge in [0.2, 0.25) is 0 Å². The fraction of sp³-hybridized carbons (Fsp3) is 0.400. The Hall–Kier alpha value is -1.61. The van der Waals surface area contributed by atoms with Gasteiger partial charge in [0.15, 0.2) is 0 Å². The van der Waals surface area contributed by atoms with Gasteiger partial charge >= 0.3 is 0 Å². The molecule has 1 aromatic heterocycles. The Morgan fingerprint density at radius 3 is 2.61 bits per heavy atom. The van der Waals surface area contributed by atoms with Crippen LogP contribution in [0.1, 0.15) is 31.4 Å². The molecule has 0 saturated carbocycles. The third-order valence-electron chi connectivity index (χ3n) is 3.11. The summed E-state index contributed by atoms with van der Waals surface area (Å²) in [6, 6.07) is 8.68. The predicted molar refractivity (Wildman–Crippen MR) is 75.4 cm³/mol. The van der Waals surface area contributed by atoms with E-state index in [1.807, 2.05) is 6.20 Å². The first-order chi connectivity index (χ1) is 8.85. The molecule has 96 valence electrons. The van der Waals surface area contributed by atoms with E-state index < -0.39 is 0 Å².